The van der Waals surface area contributed by atoms with Gasteiger partial charge in [-0.3, -0.25) is 9.36 Å². The molecule has 0 aliphatic heterocycles. The first-order valence-corrected chi connectivity index (χ1v) is 9.14. The number of amides is 1. The van der Waals surface area contributed by atoms with Crippen LogP contribution in [0.5, 0.6) is 5.75 Å². The second-order valence-electron chi connectivity index (χ2n) is 5.80. The molecule has 1 N–H and O–H groups in total. The summed E-state index contributed by atoms with van der Waals surface area (Å²) in [7, 11) is 1.51. The summed E-state index contributed by atoms with van der Waals surface area (Å²) in [6.07, 6.45) is -3.69. The Morgan fingerprint density at radius 2 is 1.97 bits per heavy atom. The van der Waals surface area contributed by atoms with Gasteiger partial charge in [0.25, 0.3) is 0 Å². The van der Waals surface area contributed by atoms with Gasteiger partial charge >= 0.3 is 6.18 Å². The molecular weight excluding hydrogens is 407 g/mol. The van der Waals surface area contributed by atoms with Crippen LogP contribution >= 0.6 is 11.8 Å². The van der Waals surface area contributed by atoms with E-state index in [1.54, 1.807) is 28.8 Å². The summed E-state index contributed by atoms with van der Waals surface area (Å²) in [4.78, 5) is 15.2. The molecule has 0 bridgehead atoms. The van der Waals surface area contributed by atoms with Crippen molar-refractivity contribution in [3.63, 3.8) is 0 Å². The van der Waals surface area contributed by atoms with Gasteiger partial charge in [-0.05, 0) is 36.0 Å². The molecule has 1 amide bonds. The Hall–Kier alpha value is -3.08. The molecule has 3 rings (SSSR count). The Bertz CT molecular complexity index is 1010. The molecule has 2 aromatic heterocycles. The third-order valence-corrected chi connectivity index (χ3v) is 4.68. The number of methoxy groups -OCH3 is 1. The molecule has 0 saturated carbocycles. The van der Waals surface area contributed by atoms with E-state index in [1.807, 2.05) is 0 Å². The SMILES string of the molecule is COc1ccccc1-n1c(CNC(C)=O)nnc1Sc1ccc(C(F)(F)F)cn1. The van der Waals surface area contributed by atoms with Crippen LogP contribution in [-0.2, 0) is 17.5 Å². The Labute approximate surface area is 168 Å². The first kappa shape index (κ1) is 20.6. The van der Waals surface area contributed by atoms with Crippen LogP contribution in [0.25, 0.3) is 5.69 Å². The average molecular weight is 423 g/mol. The van der Waals surface area contributed by atoms with Crippen LogP contribution in [0.1, 0.15) is 18.3 Å². The van der Waals surface area contributed by atoms with Crippen molar-refractivity contribution in [1.82, 2.24) is 25.1 Å². The molecule has 0 saturated heterocycles. The molecule has 7 nitrogen and oxygen atoms in total. The van der Waals surface area contributed by atoms with Crippen molar-refractivity contribution in [2.24, 2.45) is 0 Å². The first-order chi connectivity index (χ1) is 13.8. The molecule has 0 fully saturated rings. The zero-order chi connectivity index (χ0) is 21.0. The summed E-state index contributed by atoms with van der Waals surface area (Å²) in [6, 6.07) is 9.35. The molecule has 0 atom stereocenters. The molecule has 0 unspecified atom stereocenters. The van der Waals surface area contributed by atoms with Crippen molar-refractivity contribution >= 4 is 17.7 Å². The lowest BCUT2D eigenvalue weighted by Crippen LogP contribution is -2.21. The van der Waals surface area contributed by atoms with Crippen molar-refractivity contribution in [2.45, 2.75) is 29.8 Å². The molecule has 29 heavy (non-hydrogen) atoms. The van der Waals surface area contributed by atoms with Gasteiger partial charge in [0.15, 0.2) is 5.82 Å². The summed E-state index contributed by atoms with van der Waals surface area (Å²) >= 11 is 1.05. The van der Waals surface area contributed by atoms with Crippen LogP contribution < -0.4 is 10.1 Å². The van der Waals surface area contributed by atoms with E-state index in [0.29, 0.717) is 27.4 Å². The third kappa shape index (κ3) is 4.86. The van der Waals surface area contributed by atoms with E-state index in [2.05, 4.69) is 20.5 Å². The molecule has 0 spiro atoms. The number of hydrogen-bond donors (Lipinski definition) is 1. The minimum Gasteiger partial charge on any atom is -0.495 e. The van der Waals surface area contributed by atoms with Crippen LogP contribution in [0.15, 0.2) is 52.8 Å². The minimum absolute atomic E-state index is 0.112. The molecule has 3 aromatic rings. The lowest BCUT2D eigenvalue weighted by Gasteiger charge is -2.14. The highest BCUT2D eigenvalue weighted by Crippen LogP contribution is 2.33. The van der Waals surface area contributed by atoms with E-state index < -0.39 is 11.7 Å². The Kier molecular flexibility index (Phi) is 6.06. The number of pyridine rings is 1. The van der Waals surface area contributed by atoms with Gasteiger partial charge in [0, 0.05) is 13.1 Å². The number of rotatable bonds is 6. The molecular formula is C18H16F3N5O2S. The van der Waals surface area contributed by atoms with Crippen molar-refractivity contribution in [2.75, 3.05) is 7.11 Å². The maximum absolute atomic E-state index is 12.7. The normalized spacial score (nSPS) is 11.3. The van der Waals surface area contributed by atoms with Crippen molar-refractivity contribution in [3.8, 4) is 11.4 Å². The van der Waals surface area contributed by atoms with Crippen LogP contribution in [0.2, 0.25) is 0 Å². The second kappa shape index (κ2) is 8.52. The monoisotopic (exact) mass is 423 g/mol. The van der Waals surface area contributed by atoms with Gasteiger partial charge in [-0.2, -0.15) is 13.2 Å². The van der Waals surface area contributed by atoms with Gasteiger partial charge in [-0.15, -0.1) is 10.2 Å². The van der Waals surface area contributed by atoms with E-state index in [4.69, 9.17) is 4.74 Å². The Morgan fingerprint density at radius 3 is 2.59 bits per heavy atom. The highest BCUT2D eigenvalue weighted by atomic mass is 32.2. The number of ether oxygens (including phenoxy) is 1. The Balaban J connectivity index is 1.99. The van der Waals surface area contributed by atoms with E-state index in [-0.39, 0.29) is 12.5 Å². The number of carbonyl (C=O) groups excluding carboxylic acids is 1. The number of nitrogens with zero attached hydrogens (tertiary/aromatic N) is 4. The van der Waals surface area contributed by atoms with Crippen LogP contribution in [-0.4, -0.2) is 32.8 Å². The zero-order valence-electron chi connectivity index (χ0n) is 15.4. The fourth-order valence-electron chi connectivity index (χ4n) is 2.44. The summed E-state index contributed by atoms with van der Waals surface area (Å²) in [5.74, 6) is 0.732. The van der Waals surface area contributed by atoms with E-state index in [9.17, 15) is 18.0 Å². The molecule has 11 heteroatoms. The number of nitrogens with one attached hydrogen (secondary N) is 1. The first-order valence-electron chi connectivity index (χ1n) is 8.33. The number of alkyl halides is 3. The molecule has 1 aromatic carbocycles. The van der Waals surface area contributed by atoms with Crippen LogP contribution in [0.4, 0.5) is 13.2 Å². The lowest BCUT2D eigenvalue weighted by molar-refractivity contribution is -0.137. The number of carbonyl (C=O) groups is 1. The largest absolute Gasteiger partial charge is 0.495 e. The second-order valence-corrected chi connectivity index (χ2v) is 6.79. The highest BCUT2D eigenvalue weighted by Gasteiger charge is 2.30. The average Bonchev–Trinajstić information content (AvgIpc) is 3.08. The topological polar surface area (TPSA) is 81.9 Å². The Morgan fingerprint density at radius 1 is 1.21 bits per heavy atom. The number of hydrogen-bond acceptors (Lipinski definition) is 6. The van der Waals surface area contributed by atoms with E-state index >= 15 is 0 Å². The third-order valence-electron chi connectivity index (χ3n) is 3.78. The van der Waals surface area contributed by atoms with E-state index in [1.165, 1.54) is 20.1 Å². The van der Waals surface area contributed by atoms with Crippen molar-refractivity contribution in [1.29, 1.82) is 0 Å². The van der Waals surface area contributed by atoms with Gasteiger partial charge in [0.1, 0.15) is 10.8 Å². The van der Waals surface area contributed by atoms with Gasteiger partial charge in [-0.25, -0.2) is 4.98 Å². The van der Waals surface area contributed by atoms with Crippen LogP contribution in [0, 0.1) is 0 Å². The number of para-hydroxylation sites is 2. The molecule has 0 radical (unpaired) electrons. The zero-order valence-corrected chi connectivity index (χ0v) is 16.2. The predicted octanol–water partition coefficient (Wildman–Crippen LogP) is 3.48. The summed E-state index contributed by atoms with van der Waals surface area (Å²) < 4.78 is 45.3. The summed E-state index contributed by atoms with van der Waals surface area (Å²) in [5.41, 5.74) is -0.214. The number of halogens is 3. The molecule has 2 heterocycles. The predicted molar refractivity (Wildman–Crippen MR) is 98.8 cm³/mol. The molecule has 0 aliphatic carbocycles. The van der Waals surface area contributed by atoms with Gasteiger partial charge in [0.2, 0.25) is 11.1 Å². The fraction of sp³-hybridized carbons (Fsp3) is 0.222. The molecule has 0 aliphatic rings. The quantitative estimate of drug-likeness (QED) is 0.654. The van der Waals surface area contributed by atoms with Gasteiger partial charge in [0.05, 0.1) is 24.9 Å². The van der Waals surface area contributed by atoms with Crippen molar-refractivity contribution < 1.29 is 22.7 Å². The smallest absolute Gasteiger partial charge is 0.417 e. The summed E-state index contributed by atoms with van der Waals surface area (Å²) in [5, 5.41) is 11.6. The molecule has 152 valence electrons. The summed E-state index contributed by atoms with van der Waals surface area (Å²) in [6.45, 7) is 1.49. The van der Waals surface area contributed by atoms with Gasteiger partial charge in [-0.1, -0.05) is 12.1 Å². The van der Waals surface area contributed by atoms with E-state index in [0.717, 1.165) is 24.0 Å². The number of benzene rings is 1. The van der Waals surface area contributed by atoms with Crippen LogP contribution in [0.3, 0.4) is 0 Å². The fourth-order valence-corrected chi connectivity index (χ4v) is 3.25. The minimum atomic E-state index is -4.46. The van der Waals surface area contributed by atoms with Crippen molar-refractivity contribution in [3.05, 3.63) is 54.0 Å². The maximum Gasteiger partial charge on any atom is 0.417 e. The highest BCUT2D eigenvalue weighted by molar-refractivity contribution is 7.99. The number of aromatic nitrogens is 4. The maximum atomic E-state index is 12.7. The van der Waals surface area contributed by atoms with Gasteiger partial charge < -0.3 is 10.1 Å². The standard InChI is InChI=1S/C18H16F3N5O2S/c1-11(27)22-10-15-24-25-17(26(15)13-5-3-4-6-14(13)28-2)29-16-8-7-12(9-23-16)18(19,20)21/h3-9H,10H2,1-2H3,(H,22,27). The lowest BCUT2D eigenvalue weighted by atomic mass is 10.3.